The van der Waals surface area contributed by atoms with Crippen molar-refractivity contribution in [3.8, 4) is 11.5 Å². The van der Waals surface area contributed by atoms with Crippen LogP contribution in [0.4, 0.5) is 11.4 Å². The lowest BCUT2D eigenvalue weighted by molar-refractivity contribution is -0.122. The number of carbonyl (C=O) groups is 3. The molecule has 16 heteroatoms. The predicted molar refractivity (Wildman–Crippen MR) is 169 cm³/mol. The molecule has 6 rings (SSSR count). The fourth-order valence-corrected chi connectivity index (χ4v) is 8.44. The second-order valence-electron chi connectivity index (χ2n) is 10.1. The number of thiazole rings is 1. The molecule has 232 valence electrons. The Morgan fingerprint density at radius 2 is 1.73 bits per heavy atom. The minimum atomic E-state index is -3.87. The van der Waals surface area contributed by atoms with E-state index < -0.39 is 51.4 Å². The third-order valence-corrected chi connectivity index (χ3v) is 10.9. The molecule has 3 amide bonds. The number of H-pyrrole nitrogens is 1. The lowest BCUT2D eigenvalue weighted by atomic mass is 9.83. The number of anilines is 2. The van der Waals surface area contributed by atoms with Gasteiger partial charge in [0.2, 0.25) is 21.8 Å². The van der Waals surface area contributed by atoms with Crippen molar-refractivity contribution in [3.05, 3.63) is 91.9 Å². The Morgan fingerprint density at radius 1 is 1.02 bits per heavy atom. The second-order valence-corrected chi connectivity index (χ2v) is 14.2. The number of benzene rings is 3. The lowest BCUT2D eigenvalue weighted by Crippen LogP contribution is -2.32. The van der Waals surface area contributed by atoms with Gasteiger partial charge < -0.3 is 19.8 Å². The number of aromatic nitrogens is 1. The summed E-state index contributed by atoms with van der Waals surface area (Å²) in [5.74, 6) is -2.25. The number of nitrogens with two attached hydrogens (primary N) is 1. The summed E-state index contributed by atoms with van der Waals surface area (Å²) in [6, 6.07) is 16.7. The molecule has 2 unspecified atom stereocenters. The van der Waals surface area contributed by atoms with E-state index in [0.717, 1.165) is 16.2 Å². The maximum absolute atomic E-state index is 13.9. The number of imide groups is 1. The quantitative estimate of drug-likeness (QED) is 0.234. The molecular weight excluding hydrogens is 664 g/mol. The van der Waals surface area contributed by atoms with Gasteiger partial charge in [0.15, 0.2) is 18.1 Å². The van der Waals surface area contributed by atoms with E-state index in [1.807, 2.05) is 0 Å². The second kappa shape index (κ2) is 12.0. The van der Waals surface area contributed by atoms with Crippen molar-refractivity contribution < 1.29 is 32.3 Å². The van der Waals surface area contributed by atoms with E-state index in [1.54, 1.807) is 42.5 Å². The van der Waals surface area contributed by atoms with Gasteiger partial charge in [0, 0.05) is 21.5 Å². The molecule has 4 aromatic rings. The highest BCUT2D eigenvalue weighted by Gasteiger charge is 2.56. The van der Waals surface area contributed by atoms with E-state index in [4.69, 9.17) is 26.2 Å². The Labute approximate surface area is 269 Å². The number of methoxy groups -OCH3 is 1. The van der Waals surface area contributed by atoms with Crippen molar-refractivity contribution in [2.45, 2.75) is 21.1 Å². The number of thioether (sulfide) groups is 1. The summed E-state index contributed by atoms with van der Waals surface area (Å²) < 4.78 is 34.2. The topological polar surface area (TPSA) is 178 Å². The average Bonchev–Trinajstić information content (AvgIpc) is 3.50. The van der Waals surface area contributed by atoms with Gasteiger partial charge in [0.1, 0.15) is 5.25 Å². The number of ether oxygens (including phenoxy) is 2. The summed E-state index contributed by atoms with van der Waals surface area (Å²) in [7, 11) is -2.45. The van der Waals surface area contributed by atoms with Crippen molar-refractivity contribution in [1.29, 1.82) is 0 Å². The van der Waals surface area contributed by atoms with Gasteiger partial charge in [-0.3, -0.25) is 19.2 Å². The molecule has 3 heterocycles. The van der Waals surface area contributed by atoms with Crippen LogP contribution in [0.1, 0.15) is 16.4 Å². The Hall–Kier alpha value is -4.15. The van der Waals surface area contributed by atoms with Crippen LogP contribution in [0.5, 0.6) is 11.5 Å². The van der Waals surface area contributed by atoms with Gasteiger partial charge in [0.05, 0.1) is 28.6 Å². The van der Waals surface area contributed by atoms with Gasteiger partial charge >= 0.3 is 4.87 Å². The molecule has 1 aromatic heterocycles. The molecule has 1 fully saturated rings. The molecule has 12 nitrogen and oxygen atoms in total. The van der Waals surface area contributed by atoms with Crippen LogP contribution >= 0.6 is 34.7 Å². The first-order valence-corrected chi connectivity index (χ1v) is 16.8. The van der Waals surface area contributed by atoms with E-state index in [-0.39, 0.29) is 21.3 Å². The lowest BCUT2D eigenvalue weighted by Gasteiger charge is -2.30. The number of aromatic amines is 1. The van der Waals surface area contributed by atoms with Gasteiger partial charge in [-0.25, -0.2) is 18.5 Å². The monoisotopic (exact) mass is 686 g/mol. The third kappa shape index (κ3) is 5.96. The molecule has 0 bridgehead atoms. The summed E-state index contributed by atoms with van der Waals surface area (Å²) in [5.41, 5.74) is 1.36. The van der Waals surface area contributed by atoms with Crippen molar-refractivity contribution in [2.75, 3.05) is 23.9 Å². The summed E-state index contributed by atoms with van der Waals surface area (Å²) in [6.07, 6.45) is 0. The molecule has 3 aromatic carbocycles. The van der Waals surface area contributed by atoms with Crippen LogP contribution in [0.3, 0.4) is 0 Å². The van der Waals surface area contributed by atoms with Crippen molar-refractivity contribution in [2.24, 2.45) is 11.1 Å². The number of halogens is 1. The first kappa shape index (κ1) is 30.9. The van der Waals surface area contributed by atoms with Gasteiger partial charge in [-0.15, -0.1) is 0 Å². The van der Waals surface area contributed by atoms with Crippen LogP contribution in [-0.4, -0.2) is 50.1 Å². The summed E-state index contributed by atoms with van der Waals surface area (Å²) >= 11 is 8.17. The van der Waals surface area contributed by atoms with E-state index in [0.29, 0.717) is 31.9 Å². The Bertz CT molecular complexity index is 1990. The number of rotatable bonds is 8. The molecule has 0 spiro atoms. The van der Waals surface area contributed by atoms with Crippen LogP contribution in [0, 0.1) is 5.92 Å². The van der Waals surface area contributed by atoms with Crippen molar-refractivity contribution in [1.82, 2.24) is 4.98 Å². The SMILES string of the molecule is COc1cc([C@H]2c3sc(=O)[nH]c3SC3C(=O)N(c4ccc(Cl)cc4)C(=O)C32)ccc1OCC(=O)Nc1ccc(S(N)(=O)=O)cc1. The highest BCUT2D eigenvalue weighted by molar-refractivity contribution is 8.00. The molecule has 0 radical (unpaired) electrons. The first-order valence-electron chi connectivity index (χ1n) is 13.2. The van der Waals surface area contributed by atoms with Crippen LogP contribution in [-0.2, 0) is 24.4 Å². The van der Waals surface area contributed by atoms with Gasteiger partial charge in [-0.1, -0.05) is 40.8 Å². The molecule has 1 saturated heterocycles. The minimum absolute atomic E-state index is 0.0927. The zero-order valence-corrected chi connectivity index (χ0v) is 26.4. The number of hydrogen-bond acceptors (Lipinski definition) is 10. The van der Waals surface area contributed by atoms with Crippen LogP contribution in [0.2, 0.25) is 5.02 Å². The fraction of sp³-hybridized carbons (Fsp3) is 0.172. The zero-order valence-electron chi connectivity index (χ0n) is 23.2. The van der Waals surface area contributed by atoms with Crippen LogP contribution in [0.25, 0.3) is 0 Å². The number of nitrogens with zero attached hydrogens (tertiary/aromatic N) is 1. The number of sulfonamides is 1. The smallest absolute Gasteiger partial charge is 0.305 e. The maximum Gasteiger partial charge on any atom is 0.305 e. The summed E-state index contributed by atoms with van der Waals surface area (Å²) in [6.45, 7) is -0.399. The van der Waals surface area contributed by atoms with Crippen LogP contribution < -0.4 is 29.7 Å². The van der Waals surface area contributed by atoms with Crippen LogP contribution in [0.15, 0.2) is 81.4 Å². The van der Waals surface area contributed by atoms with Crippen molar-refractivity contribution in [3.63, 3.8) is 0 Å². The Kier molecular flexibility index (Phi) is 8.22. The molecule has 0 aliphatic carbocycles. The third-order valence-electron chi connectivity index (χ3n) is 7.28. The molecule has 0 saturated carbocycles. The minimum Gasteiger partial charge on any atom is -0.493 e. The standard InChI is InChI=1S/C29H23ClN4O8S3/c1-41-20-12-14(2-11-19(20)42-13-21(35)32-16-5-9-18(10-6-16)45(31,39)40)22-23-25(43-26-24(22)44-29(38)33-26)28(37)34(27(23)36)17-7-3-15(30)4-8-17/h2-12,22-23,25H,13H2,1H3,(H,32,35)(H,33,38)(H2,31,39,40)/t22-,23?,25?/m1/s1. The molecule has 45 heavy (non-hydrogen) atoms. The average molecular weight is 687 g/mol. The van der Waals surface area contributed by atoms with Gasteiger partial charge in [-0.05, 0) is 66.2 Å². The summed E-state index contributed by atoms with van der Waals surface area (Å²) in [5, 5.41) is 7.93. The van der Waals surface area contributed by atoms with E-state index in [2.05, 4.69) is 10.3 Å². The highest BCUT2D eigenvalue weighted by Crippen LogP contribution is 2.53. The zero-order chi connectivity index (χ0) is 32.0. The largest absolute Gasteiger partial charge is 0.493 e. The molecule has 2 aliphatic heterocycles. The van der Waals surface area contributed by atoms with E-state index in [9.17, 15) is 27.6 Å². The van der Waals surface area contributed by atoms with Gasteiger partial charge in [0.25, 0.3) is 5.91 Å². The number of amides is 3. The molecule has 4 N–H and O–H groups in total. The molecular formula is C29H23ClN4O8S3. The number of carbonyl (C=O) groups excluding carboxylic acids is 3. The number of nitrogens with one attached hydrogen (secondary N) is 2. The van der Waals surface area contributed by atoms with E-state index in [1.165, 1.54) is 43.1 Å². The Morgan fingerprint density at radius 3 is 2.40 bits per heavy atom. The highest BCUT2D eigenvalue weighted by atomic mass is 35.5. The number of primary sulfonamides is 1. The Balaban J connectivity index is 1.25. The molecule has 3 atom stereocenters. The summed E-state index contributed by atoms with van der Waals surface area (Å²) in [4.78, 5) is 56.6. The van der Waals surface area contributed by atoms with Gasteiger partial charge in [-0.2, -0.15) is 0 Å². The van der Waals surface area contributed by atoms with E-state index >= 15 is 0 Å². The first-order chi connectivity index (χ1) is 21.4. The van der Waals surface area contributed by atoms with Crippen molar-refractivity contribution >= 4 is 73.8 Å². The maximum atomic E-state index is 13.9. The fourth-order valence-electron chi connectivity index (χ4n) is 5.29. The number of fused-ring (bicyclic) bond motifs is 2. The number of hydrogen-bond donors (Lipinski definition) is 3. The predicted octanol–water partition coefficient (Wildman–Crippen LogP) is 3.56. The molecule has 2 aliphatic rings. The normalized spacial score (nSPS) is 19.2.